The zero-order valence-electron chi connectivity index (χ0n) is 9.55. The maximum atomic E-state index is 6.15. The molecule has 2 rings (SSSR count). The Balaban J connectivity index is 2.06. The fourth-order valence-corrected chi connectivity index (χ4v) is 2.67. The predicted molar refractivity (Wildman–Crippen MR) is 58.4 cm³/mol. The number of allylic oxidation sites excluding steroid dienone is 1. The maximum absolute atomic E-state index is 6.15. The van der Waals surface area contributed by atoms with Crippen molar-refractivity contribution in [1.82, 2.24) is 4.90 Å². The lowest BCUT2D eigenvalue weighted by atomic mass is 9.87. The first-order valence-corrected chi connectivity index (χ1v) is 5.67. The lowest BCUT2D eigenvalue weighted by molar-refractivity contribution is -0.0667. The molecule has 0 aromatic heterocycles. The van der Waals surface area contributed by atoms with Crippen molar-refractivity contribution in [3.63, 3.8) is 0 Å². The quantitative estimate of drug-likeness (QED) is 0.549. The first kappa shape index (κ1) is 10.2. The van der Waals surface area contributed by atoms with E-state index in [-0.39, 0.29) is 5.60 Å². The van der Waals surface area contributed by atoms with E-state index in [0.717, 1.165) is 0 Å². The van der Waals surface area contributed by atoms with Crippen molar-refractivity contribution in [2.75, 3.05) is 20.1 Å². The maximum Gasteiger partial charge on any atom is 0.0765 e. The number of rotatable bonds is 0. The average molecular weight is 195 g/mol. The summed E-state index contributed by atoms with van der Waals surface area (Å²) in [5, 5.41) is 0. The third kappa shape index (κ3) is 1.73. The van der Waals surface area contributed by atoms with Gasteiger partial charge in [0.2, 0.25) is 0 Å². The fraction of sp³-hybridized carbons (Fsp3) is 0.833. The molecule has 0 bridgehead atoms. The van der Waals surface area contributed by atoms with Crippen LogP contribution in [0.15, 0.2) is 11.6 Å². The zero-order chi connectivity index (χ0) is 10.2. The van der Waals surface area contributed by atoms with Crippen molar-refractivity contribution in [1.29, 1.82) is 0 Å². The van der Waals surface area contributed by atoms with Crippen LogP contribution in [0.1, 0.15) is 33.1 Å². The van der Waals surface area contributed by atoms with Gasteiger partial charge in [0, 0.05) is 13.1 Å². The normalized spacial score (nSPS) is 35.6. The summed E-state index contributed by atoms with van der Waals surface area (Å²) in [6.07, 6.45) is 6.15. The molecule has 0 amide bonds. The summed E-state index contributed by atoms with van der Waals surface area (Å²) in [6, 6.07) is 0. The number of nitrogens with zero attached hydrogens (tertiary/aromatic N) is 1. The van der Waals surface area contributed by atoms with E-state index in [0.29, 0.717) is 6.10 Å². The predicted octanol–water partition coefficient (Wildman–Crippen LogP) is 2.21. The minimum atomic E-state index is 0.188. The third-order valence-corrected chi connectivity index (χ3v) is 3.74. The van der Waals surface area contributed by atoms with Gasteiger partial charge in [0.1, 0.15) is 0 Å². The second-order valence-electron chi connectivity index (χ2n) is 4.79. The van der Waals surface area contributed by atoms with Crippen molar-refractivity contribution in [2.24, 2.45) is 0 Å². The molecule has 2 heteroatoms. The molecule has 14 heavy (non-hydrogen) atoms. The van der Waals surface area contributed by atoms with Gasteiger partial charge < -0.3 is 9.64 Å². The highest BCUT2D eigenvalue weighted by molar-refractivity contribution is 5.17. The van der Waals surface area contributed by atoms with Gasteiger partial charge in [0.25, 0.3) is 0 Å². The number of piperidine rings is 1. The highest BCUT2D eigenvalue weighted by Gasteiger charge is 2.42. The van der Waals surface area contributed by atoms with Crippen LogP contribution in [0.3, 0.4) is 0 Å². The minimum Gasteiger partial charge on any atom is -0.367 e. The summed E-state index contributed by atoms with van der Waals surface area (Å²) in [6.45, 7) is 6.68. The highest BCUT2D eigenvalue weighted by Crippen LogP contribution is 2.41. The summed E-state index contributed by atoms with van der Waals surface area (Å²) < 4.78 is 6.15. The molecule has 0 aliphatic carbocycles. The van der Waals surface area contributed by atoms with Gasteiger partial charge in [-0.1, -0.05) is 6.08 Å². The smallest absolute Gasteiger partial charge is 0.0765 e. The van der Waals surface area contributed by atoms with E-state index < -0.39 is 0 Å². The molecule has 0 radical (unpaired) electrons. The van der Waals surface area contributed by atoms with E-state index in [1.165, 1.54) is 37.9 Å². The van der Waals surface area contributed by atoms with Crippen molar-refractivity contribution in [3.8, 4) is 0 Å². The van der Waals surface area contributed by atoms with E-state index in [2.05, 4.69) is 31.9 Å². The van der Waals surface area contributed by atoms with Gasteiger partial charge in [-0.15, -0.1) is 0 Å². The molecule has 80 valence electrons. The van der Waals surface area contributed by atoms with E-state index in [1.54, 1.807) is 0 Å². The molecule has 1 unspecified atom stereocenters. The number of likely N-dealkylation sites (tertiary alicyclic amines) is 1. The third-order valence-electron chi connectivity index (χ3n) is 3.74. The van der Waals surface area contributed by atoms with Crippen LogP contribution in [-0.2, 0) is 4.74 Å². The van der Waals surface area contributed by atoms with Gasteiger partial charge in [-0.3, -0.25) is 0 Å². The number of hydrogen-bond donors (Lipinski definition) is 0. The Morgan fingerprint density at radius 1 is 1.43 bits per heavy atom. The van der Waals surface area contributed by atoms with E-state index in [1.807, 2.05) is 0 Å². The second kappa shape index (κ2) is 3.67. The first-order chi connectivity index (χ1) is 6.65. The van der Waals surface area contributed by atoms with Crippen molar-refractivity contribution in [3.05, 3.63) is 11.6 Å². The standard InChI is InChI=1S/C12H21NO/c1-4-11-9-12(14-10(11)2)5-7-13(3)8-6-12/h4,10H,5-9H2,1-3H3. The minimum absolute atomic E-state index is 0.188. The van der Waals surface area contributed by atoms with E-state index in [9.17, 15) is 0 Å². The van der Waals surface area contributed by atoms with Crippen LogP contribution in [0.5, 0.6) is 0 Å². The molecular formula is C12H21NO. The fourth-order valence-electron chi connectivity index (χ4n) is 2.67. The van der Waals surface area contributed by atoms with E-state index in [4.69, 9.17) is 4.74 Å². The van der Waals surface area contributed by atoms with Crippen molar-refractivity contribution < 1.29 is 4.74 Å². The monoisotopic (exact) mass is 195 g/mol. The van der Waals surface area contributed by atoms with Crippen LogP contribution in [0.25, 0.3) is 0 Å². The Hall–Kier alpha value is -0.340. The second-order valence-corrected chi connectivity index (χ2v) is 4.79. The molecule has 2 aliphatic heterocycles. The highest BCUT2D eigenvalue weighted by atomic mass is 16.5. The lowest BCUT2D eigenvalue weighted by Crippen LogP contribution is -2.42. The Labute approximate surface area is 86.9 Å². The van der Waals surface area contributed by atoms with Crippen LogP contribution in [-0.4, -0.2) is 36.7 Å². The number of hydrogen-bond acceptors (Lipinski definition) is 2. The molecule has 1 atom stereocenters. The van der Waals surface area contributed by atoms with Crippen LogP contribution in [0, 0.1) is 0 Å². The van der Waals surface area contributed by atoms with Gasteiger partial charge in [0.05, 0.1) is 11.7 Å². The van der Waals surface area contributed by atoms with Gasteiger partial charge in [-0.05, 0) is 45.7 Å². The Bertz CT molecular complexity index is 239. The van der Waals surface area contributed by atoms with Crippen LogP contribution >= 0.6 is 0 Å². The van der Waals surface area contributed by atoms with E-state index >= 15 is 0 Å². The molecule has 2 heterocycles. The summed E-state index contributed by atoms with van der Waals surface area (Å²) in [5.74, 6) is 0. The number of ether oxygens (including phenoxy) is 1. The molecule has 0 aromatic rings. The molecule has 0 saturated carbocycles. The molecule has 0 aromatic carbocycles. The Morgan fingerprint density at radius 3 is 2.57 bits per heavy atom. The van der Waals surface area contributed by atoms with Crippen LogP contribution < -0.4 is 0 Å². The molecule has 2 nitrogen and oxygen atoms in total. The lowest BCUT2D eigenvalue weighted by Gasteiger charge is -2.37. The first-order valence-electron chi connectivity index (χ1n) is 5.67. The molecule has 2 saturated heterocycles. The van der Waals surface area contributed by atoms with Crippen molar-refractivity contribution in [2.45, 2.75) is 44.8 Å². The van der Waals surface area contributed by atoms with Crippen LogP contribution in [0.4, 0.5) is 0 Å². The molecule has 1 spiro atoms. The topological polar surface area (TPSA) is 12.5 Å². The van der Waals surface area contributed by atoms with Crippen molar-refractivity contribution >= 4 is 0 Å². The zero-order valence-corrected chi connectivity index (χ0v) is 9.55. The van der Waals surface area contributed by atoms with Gasteiger partial charge in [-0.2, -0.15) is 0 Å². The van der Waals surface area contributed by atoms with Gasteiger partial charge in [-0.25, -0.2) is 0 Å². The Morgan fingerprint density at radius 2 is 2.07 bits per heavy atom. The van der Waals surface area contributed by atoms with Gasteiger partial charge in [0.15, 0.2) is 0 Å². The summed E-state index contributed by atoms with van der Waals surface area (Å²) >= 11 is 0. The Kier molecular flexibility index (Phi) is 2.67. The SMILES string of the molecule is CC=C1CC2(CCN(C)CC2)OC1C. The average Bonchev–Trinajstić information content (AvgIpc) is 2.49. The molecule has 2 fully saturated rings. The summed E-state index contributed by atoms with van der Waals surface area (Å²) in [4.78, 5) is 2.40. The molecule has 0 N–H and O–H groups in total. The molecule has 2 aliphatic rings. The van der Waals surface area contributed by atoms with Gasteiger partial charge >= 0.3 is 0 Å². The van der Waals surface area contributed by atoms with Crippen LogP contribution in [0.2, 0.25) is 0 Å². The largest absolute Gasteiger partial charge is 0.367 e. The summed E-state index contributed by atoms with van der Waals surface area (Å²) in [5.41, 5.74) is 1.68. The summed E-state index contributed by atoms with van der Waals surface area (Å²) in [7, 11) is 2.20. The molecular weight excluding hydrogens is 174 g/mol.